The number of piperidine rings is 1. The highest BCUT2D eigenvalue weighted by atomic mass is 32.2. The second-order valence-electron chi connectivity index (χ2n) is 8.87. The highest BCUT2D eigenvalue weighted by molar-refractivity contribution is 7.89. The van der Waals surface area contributed by atoms with Crippen LogP contribution in [0, 0.1) is 11.7 Å². The maximum Gasteiger partial charge on any atom is 0.227 e. The van der Waals surface area contributed by atoms with Crippen LogP contribution in [-0.2, 0) is 21.2 Å². The zero-order chi connectivity index (χ0) is 23.3. The van der Waals surface area contributed by atoms with Gasteiger partial charge in [0.1, 0.15) is 5.82 Å². The summed E-state index contributed by atoms with van der Waals surface area (Å²) in [6, 6.07) is 16.6. The maximum absolute atomic E-state index is 14.1. The van der Waals surface area contributed by atoms with Crippen molar-refractivity contribution in [1.29, 1.82) is 0 Å². The Morgan fingerprint density at radius 1 is 0.939 bits per heavy atom. The molecule has 1 atom stereocenters. The smallest absolute Gasteiger partial charge is 0.227 e. The van der Waals surface area contributed by atoms with Crippen molar-refractivity contribution in [3.63, 3.8) is 0 Å². The molecule has 1 amide bonds. The Morgan fingerprint density at radius 3 is 2.36 bits per heavy atom. The number of rotatable bonds is 7. The van der Waals surface area contributed by atoms with Crippen molar-refractivity contribution in [2.45, 2.75) is 25.7 Å². The first kappa shape index (κ1) is 23.7. The summed E-state index contributed by atoms with van der Waals surface area (Å²) in [7, 11) is -3.39. The molecule has 2 aliphatic heterocycles. The van der Waals surface area contributed by atoms with Gasteiger partial charge in [-0.1, -0.05) is 42.5 Å². The van der Waals surface area contributed by atoms with Crippen LogP contribution in [-0.4, -0.2) is 68.6 Å². The third-order valence-corrected chi connectivity index (χ3v) is 8.54. The van der Waals surface area contributed by atoms with E-state index in [1.165, 1.54) is 10.4 Å². The molecular formula is C25H32FN3O3S. The average Bonchev–Trinajstić information content (AvgIpc) is 2.85. The zero-order valence-electron chi connectivity index (χ0n) is 18.9. The van der Waals surface area contributed by atoms with E-state index < -0.39 is 10.0 Å². The number of carbonyl (C=O) groups is 1. The highest BCUT2D eigenvalue weighted by Crippen LogP contribution is 2.24. The van der Waals surface area contributed by atoms with Gasteiger partial charge in [-0.3, -0.25) is 4.79 Å². The molecule has 2 heterocycles. The lowest BCUT2D eigenvalue weighted by atomic mass is 9.97. The van der Waals surface area contributed by atoms with E-state index in [9.17, 15) is 17.6 Å². The van der Waals surface area contributed by atoms with Crippen LogP contribution in [0.15, 0.2) is 54.6 Å². The SMILES string of the molecule is O=C([C@@H]1CCCN(S(=O)(=O)CCCc2ccccc2)C1)N1CCN(c2ccccc2F)CC1. The average molecular weight is 474 g/mol. The minimum Gasteiger partial charge on any atom is -0.366 e. The topological polar surface area (TPSA) is 60.9 Å². The summed E-state index contributed by atoms with van der Waals surface area (Å²) in [5.41, 5.74) is 1.70. The molecule has 0 aliphatic carbocycles. The predicted molar refractivity (Wildman–Crippen MR) is 128 cm³/mol. The molecule has 0 unspecified atom stereocenters. The van der Waals surface area contributed by atoms with Crippen LogP contribution in [0.1, 0.15) is 24.8 Å². The van der Waals surface area contributed by atoms with Crippen LogP contribution in [0.2, 0.25) is 0 Å². The van der Waals surface area contributed by atoms with Crippen LogP contribution in [0.5, 0.6) is 0 Å². The molecule has 178 valence electrons. The molecule has 2 fully saturated rings. The number of benzene rings is 2. The van der Waals surface area contributed by atoms with Crippen molar-refractivity contribution in [2.75, 3.05) is 49.9 Å². The Morgan fingerprint density at radius 2 is 1.64 bits per heavy atom. The van der Waals surface area contributed by atoms with E-state index in [4.69, 9.17) is 0 Å². The summed E-state index contributed by atoms with van der Waals surface area (Å²) >= 11 is 0. The molecule has 0 radical (unpaired) electrons. The summed E-state index contributed by atoms with van der Waals surface area (Å²) < 4.78 is 41.4. The van der Waals surface area contributed by atoms with Crippen molar-refractivity contribution in [2.24, 2.45) is 5.92 Å². The van der Waals surface area contributed by atoms with E-state index in [-0.39, 0.29) is 29.9 Å². The molecule has 2 aromatic rings. The number of anilines is 1. The van der Waals surface area contributed by atoms with E-state index in [2.05, 4.69) is 0 Å². The normalized spacial score (nSPS) is 20.1. The highest BCUT2D eigenvalue weighted by Gasteiger charge is 2.35. The maximum atomic E-state index is 14.1. The first-order chi connectivity index (χ1) is 15.9. The molecule has 0 spiro atoms. The van der Waals surface area contributed by atoms with Gasteiger partial charge in [-0.2, -0.15) is 0 Å². The van der Waals surface area contributed by atoms with Crippen LogP contribution in [0.25, 0.3) is 0 Å². The first-order valence-corrected chi connectivity index (χ1v) is 13.3. The third kappa shape index (κ3) is 5.92. The van der Waals surface area contributed by atoms with Crippen molar-refractivity contribution < 1.29 is 17.6 Å². The van der Waals surface area contributed by atoms with E-state index in [1.807, 2.05) is 46.2 Å². The van der Waals surface area contributed by atoms with Crippen LogP contribution < -0.4 is 4.90 Å². The van der Waals surface area contributed by atoms with Crippen LogP contribution >= 0.6 is 0 Å². The number of halogens is 1. The lowest BCUT2D eigenvalue weighted by Gasteiger charge is -2.39. The van der Waals surface area contributed by atoms with Gasteiger partial charge in [0, 0.05) is 39.3 Å². The summed E-state index contributed by atoms with van der Waals surface area (Å²) in [5, 5.41) is 0. The third-order valence-electron chi connectivity index (χ3n) is 6.62. The number of nitrogens with zero attached hydrogens (tertiary/aromatic N) is 3. The van der Waals surface area contributed by atoms with Gasteiger partial charge >= 0.3 is 0 Å². The summed E-state index contributed by atoms with van der Waals surface area (Å²) in [6.07, 6.45) is 2.70. The number of aryl methyl sites for hydroxylation is 1. The molecule has 8 heteroatoms. The summed E-state index contributed by atoms with van der Waals surface area (Å²) in [6.45, 7) is 2.93. The lowest BCUT2D eigenvalue weighted by Crippen LogP contribution is -2.53. The molecule has 2 saturated heterocycles. The van der Waals surface area contributed by atoms with Crippen molar-refractivity contribution in [3.8, 4) is 0 Å². The van der Waals surface area contributed by atoms with Crippen molar-refractivity contribution >= 4 is 21.6 Å². The molecule has 0 aromatic heterocycles. The Labute approximate surface area is 196 Å². The number of sulfonamides is 1. The monoisotopic (exact) mass is 473 g/mol. The van der Waals surface area contributed by atoms with Gasteiger partial charge in [0.25, 0.3) is 0 Å². The Bertz CT molecular complexity index is 1040. The fourth-order valence-electron chi connectivity index (χ4n) is 4.76. The Kier molecular flexibility index (Phi) is 7.65. The van der Waals surface area contributed by atoms with Gasteiger partial charge in [-0.25, -0.2) is 17.1 Å². The first-order valence-electron chi connectivity index (χ1n) is 11.7. The van der Waals surface area contributed by atoms with Crippen molar-refractivity contribution in [3.05, 3.63) is 66.0 Å². The predicted octanol–water partition coefficient (Wildman–Crippen LogP) is 3.15. The van der Waals surface area contributed by atoms with E-state index in [0.717, 1.165) is 12.0 Å². The van der Waals surface area contributed by atoms with E-state index in [0.29, 0.717) is 57.7 Å². The molecule has 33 heavy (non-hydrogen) atoms. The molecule has 2 aliphatic rings. The summed E-state index contributed by atoms with van der Waals surface area (Å²) in [4.78, 5) is 16.9. The van der Waals surface area contributed by atoms with Gasteiger partial charge in [0.15, 0.2) is 0 Å². The number of para-hydroxylation sites is 1. The van der Waals surface area contributed by atoms with E-state index >= 15 is 0 Å². The minimum atomic E-state index is -3.39. The quantitative estimate of drug-likeness (QED) is 0.620. The Hall–Kier alpha value is -2.45. The zero-order valence-corrected chi connectivity index (χ0v) is 19.7. The Balaban J connectivity index is 1.29. The molecule has 0 N–H and O–H groups in total. The van der Waals surface area contributed by atoms with Gasteiger partial charge in [-0.05, 0) is 43.4 Å². The molecule has 0 saturated carbocycles. The number of hydrogen-bond acceptors (Lipinski definition) is 4. The fourth-order valence-corrected chi connectivity index (χ4v) is 6.34. The second kappa shape index (κ2) is 10.7. The molecule has 2 aromatic carbocycles. The summed E-state index contributed by atoms with van der Waals surface area (Å²) in [5.74, 6) is -0.433. The van der Waals surface area contributed by atoms with E-state index in [1.54, 1.807) is 12.1 Å². The number of hydrogen-bond donors (Lipinski definition) is 0. The molecule has 0 bridgehead atoms. The number of amides is 1. The molecular weight excluding hydrogens is 441 g/mol. The molecule has 6 nitrogen and oxygen atoms in total. The molecule has 4 rings (SSSR count). The number of carbonyl (C=O) groups excluding carboxylic acids is 1. The van der Waals surface area contributed by atoms with Gasteiger partial charge in [-0.15, -0.1) is 0 Å². The standard InChI is InChI=1S/C25H32FN3O3S/c26-23-12-4-5-13-24(23)27-15-17-28(18-16-27)25(30)22-11-6-14-29(20-22)33(31,32)19-7-10-21-8-2-1-3-9-21/h1-5,8-9,12-13,22H,6-7,10-11,14-20H2/t22-/m1/s1. The fraction of sp³-hybridized carbons (Fsp3) is 0.480. The number of piperazine rings is 1. The largest absolute Gasteiger partial charge is 0.366 e. The van der Waals surface area contributed by atoms with Gasteiger partial charge < -0.3 is 9.80 Å². The van der Waals surface area contributed by atoms with Crippen LogP contribution in [0.4, 0.5) is 10.1 Å². The van der Waals surface area contributed by atoms with Gasteiger partial charge in [0.05, 0.1) is 17.4 Å². The second-order valence-corrected chi connectivity index (χ2v) is 11.0. The minimum absolute atomic E-state index is 0.0207. The van der Waals surface area contributed by atoms with Gasteiger partial charge in [0.2, 0.25) is 15.9 Å². The van der Waals surface area contributed by atoms with Crippen LogP contribution in [0.3, 0.4) is 0 Å². The lowest BCUT2D eigenvalue weighted by molar-refractivity contribution is -0.137. The van der Waals surface area contributed by atoms with Crippen molar-refractivity contribution in [1.82, 2.24) is 9.21 Å².